The van der Waals surface area contributed by atoms with Crippen LogP contribution in [0, 0.1) is 6.92 Å². The number of hydrogen-bond donors (Lipinski definition) is 2. The Balaban J connectivity index is 1.80. The molecular formula is C19H16Cl2N2O4S2. The maximum Gasteiger partial charge on any atom is 0.261 e. The van der Waals surface area contributed by atoms with Crippen LogP contribution >= 0.6 is 23.2 Å². The van der Waals surface area contributed by atoms with Gasteiger partial charge in [0.2, 0.25) is 0 Å². The Bertz CT molecular complexity index is 1240. The van der Waals surface area contributed by atoms with Crippen LogP contribution in [-0.4, -0.2) is 16.8 Å². The average molecular weight is 471 g/mol. The van der Waals surface area contributed by atoms with E-state index < -0.39 is 20.0 Å². The molecule has 0 saturated carbocycles. The maximum absolute atomic E-state index is 12.6. The van der Waals surface area contributed by atoms with E-state index in [-0.39, 0.29) is 15.5 Å². The fourth-order valence-electron chi connectivity index (χ4n) is 2.45. The molecule has 0 bridgehead atoms. The first-order chi connectivity index (χ1) is 13.6. The first-order valence-electron chi connectivity index (χ1n) is 8.25. The van der Waals surface area contributed by atoms with Gasteiger partial charge in [-0.05, 0) is 73.2 Å². The van der Waals surface area contributed by atoms with E-state index in [1.54, 1.807) is 25.1 Å². The van der Waals surface area contributed by atoms with Crippen molar-refractivity contribution in [2.24, 2.45) is 0 Å². The van der Waals surface area contributed by atoms with Crippen molar-refractivity contribution in [3.63, 3.8) is 0 Å². The highest BCUT2D eigenvalue weighted by Gasteiger charge is 2.18. The van der Waals surface area contributed by atoms with Crippen molar-refractivity contribution in [3.8, 4) is 0 Å². The van der Waals surface area contributed by atoms with Gasteiger partial charge in [-0.1, -0.05) is 29.3 Å². The summed E-state index contributed by atoms with van der Waals surface area (Å²) in [6, 6.07) is 15.9. The summed E-state index contributed by atoms with van der Waals surface area (Å²) in [6.45, 7) is 1.70. The molecule has 2 N–H and O–H groups in total. The Hall–Kier alpha value is -2.26. The summed E-state index contributed by atoms with van der Waals surface area (Å²) in [6.07, 6.45) is 0. The summed E-state index contributed by atoms with van der Waals surface area (Å²) >= 11 is 11.8. The minimum Gasteiger partial charge on any atom is -0.280 e. The second-order valence-electron chi connectivity index (χ2n) is 6.10. The average Bonchev–Trinajstić information content (AvgIpc) is 2.66. The predicted molar refractivity (Wildman–Crippen MR) is 116 cm³/mol. The minimum absolute atomic E-state index is 0.0219. The SMILES string of the molecule is Cc1c(Cl)cccc1NS(=O)(=O)c1ccc(NS(=O)(=O)c2ccc(Cl)cc2)cc1. The third-order valence-corrected chi connectivity index (χ3v) is 7.49. The number of hydrogen-bond acceptors (Lipinski definition) is 4. The molecule has 29 heavy (non-hydrogen) atoms. The van der Waals surface area contributed by atoms with E-state index in [4.69, 9.17) is 23.2 Å². The molecule has 0 aliphatic heterocycles. The van der Waals surface area contributed by atoms with Gasteiger partial charge in [0.05, 0.1) is 15.5 Å². The van der Waals surface area contributed by atoms with Crippen LogP contribution in [0.2, 0.25) is 10.0 Å². The maximum atomic E-state index is 12.6. The van der Waals surface area contributed by atoms with E-state index >= 15 is 0 Å². The summed E-state index contributed by atoms with van der Waals surface area (Å²) in [5.41, 5.74) is 1.19. The Kier molecular flexibility index (Phi) is 6.09. The molecule has 0 aromatic heterocycles. The second kappa shape index (κ2) is 8.23. The Labute approximate surface area is 179 Å². The van der Waals surface area contributed by atoms with Crippen LogP contribution in [0.3, 0.4) is 0 Å². The van der Waals surface area contributed by atoms with Crippen LogP contribution in [0.5, 0.6) is 0 Å². The molecule has 0 atom stereocenters. The fourth-order valence-corrected chi connectivity index (χ4v) is 4.93. The van der Waals surface area contributed by atoms with Crippen molar-refractivity contribution >= 4 is 54.6 Å². The number of benzene rings is 3. The van der Waals surface area contributed by atoms with E-state index in [2.05, 4.69) is 9.44 Å². The van der Waals surface area contributed by atoms with Crippen LogP contribution in [0.1, 0.15) is 5.56 Å². The lowest BCUT2D eigenvalue weighted by molar-refractivity contribution is 0.600. The van der Waals surface area contributed by atoms with Crippen LogP contribution < -0.4 is 9.44 Å². The predicted octanol–water partition coefficient (Wildman–Crippen LogP) is 4.90. The zero-order valence-corrected chi connectivity index (χ0v) is 18.2. The largest absolute Gasteiger partial charge is 0.280 e. The van der Waals surface area contributed by atoms with E-state index in [1.807, 2.05) is 0 Å². The number of rotatable bonds is 6. The Morgan fingerprint density at radius 1 is 0.690 bits per heavy atom. The van der Waals surface area contributed by atoms with E-state index in [0.29, 0.717) is 21.3 Å². The zero-order chi connectivity index (χ0) is 21.2. The van der Waals surface area contributed by atoms with Gasteiger partial charge in [0.1, 0.15) is 0 Å². The molecule has 0 spiro atoms. The molecule has 0 radical (unpaired) electrons. The highest BCUT2D eigenvalue weighted by atomic mass is 35.5. The smallest absolute Gasteiger partial charge is 0.261 e. The number of anilines is 2. The first kappa shape index (κ1) is 21.4. The van der Waals surface area contributed by atoms with Crippen molar-refractivity contribution in [2.45, 2.75) is 16.7 Å². The Morgan fingerprint density at radius 3 is 1.79 bits per heavy atom. The van der Waals surface area contributed by atoms with Gasteiger partial charge in [0.25, 0.3) is 20.0 Å². The molecule has 3 aromatic rings. The van der Waals surface area contributed by atoms with Crippen molar-refractivity contribution in [1.82, 2.24) is 0 Å². The highest BCUT2D eigenvalue weighted by Crippen LogP contribution is 2.26. The molecule has 3 aromatic carbocycles. The topological polar surface area (TPSA) is 92.3 Å². The summed E-state index contributed by atoms with van der Waals surface area (Å²) in [5, 5.41) is 0.859. The van der Waals surface area contributed by atoms with Crippen molar-refractivity contribution in [3.05, 3.63) is 82.3 Å². The highest BCUT2D eigenvalue weighted by molar-refractivity contribution is 7.93. The molecule has 152 valence electrons. The van der Waals surface area contributed by atoms with Gasteiger partial charge in [0.15, 0.2) is 0 Å². The molecule has 0 aliphatic carbocycles. The lowest BCUT2D eigenvalue weighted by Crippen LogP contribution is -2.15. The fraction of sp³-hybridized carbons (Fsp3) is 0.0526. The lowest BCUT2D eigenvalue weighted by atomic mass is 10.2. The van der Waals surface area contributed by atoms with Gasteiger partial charge >= 0.3 is 0 Å². The molecule has 10 heteroatoms. The van der Waals surface area contributed by atoms with Gasteiger partial charge in [0, 0.05) is 15.7 Å². The lowest BCUT2D eigenvalue weighted by Gasteiger charge is -2.12. The summed E-state index contributed by atoms with van der Waals surface area (Å²) in [4.78, 5) is 0.0167. The van der Waals surface area contributed by atoms with Gasteiger partial charge in [-0.2, -0.15) is 0 Å². The molecule has 0 amide bonds. The third-order valence-electron chi connectivity index (χ3n) is 4.05. The number of nitrogens with one attached hydrogen (secondary N) is 2. The van der Waals surface area contributed by atoms with Crippen LogP contribution in [0.15, 0.2) is 76.5 Å². The standard InChI is InChI=1S/C19H16Cl2N2O4S2/c1-13-18(21)3-2-4-19(13)23-29(26,27)17-11-7-15(8-12-17)22-28(24,25)16-9-5-14(20)6-10-16/h2-12,22-23H,1H3. The summed E-state index contributed by atoms with van der Waals surface area (Å²) in [7, 11) is -7.70. The van der Waals surface area contributed by atoms with E-state index in [9.17, 15) is 16.8 Å². The van der Waals surface area contributed by atoms with Gasteiger partial charge in [-0.15, -0.1) is 0 Å². The monoisotopic (exact) mass is 470 g/mol. The van der Waals surface area contributed by atoms with Gasteiger partial charge in [-0.3, -0.25) is 9.44 Å². The molecule has 0 fully saturated rings. The third kappa shape index (κ3) is 5.02. The quantitative estimate of drug-likeness (QED) is 0.535. The molecular weight excluding hydrogens is 455 g/mol. The minimum atomic E-state index is -3.87. The first-order valence-corrected chi connectivity index (χ1v) is 12.0. The molecule has 0 saturated heterocycles. The van der Waals surface area contributed by atoms with Crippen molar-refractivity contribution < 1.29 is 16.8 Å². The summed E-state index contributed by atoms with van der Waals surface area (Å²) in [5.74, 6) is 0. The van der Waals surface area contributed by atoms with E-state index in [1.165, 1.54) is 48.5 Å². The van der Waals surface area contributed by atoms with Crippen molar-refractivity contribution in [2.75, 3.05) is 9.44 Å². The van der Waals surface area contributed by atoms with Crippen LogP contribution in [0.4, 0.5) is 11.4 Å². The van der Waals surface area contributed by atoms with Crippen LogP contribution in [-0.2, 0) is 20.0 Å². The molecule has 3 rings (SSSR count). The van der Waals surface area contributed by atoms with Gasteiger partial charge in [-0.25, -0.2) is 16.8 Å². The molecule has 0 heterocycles. The molecule has 0 aliphatic rings. The summed E-state index contributed by atoms with van der Waals surface area (Å²) < 4.78 is 54.9. The molecule has 6 nitrogen and oxygen atoms in total. The van der Waals surface area contributed by atoms with Gasteiger partial charge < -0.3 is 0 Å². The van der Waals surface area contributed by atoms with Crippen molar-refractivity contribution in [1.29, 1.82) is 0 Å². The van der Waals surface area contributed by atoms with E-state index in [0.717, 1.165) is 0 Å². The molecule has 0 unspecified atom stereocenters. The number of sulfonamides is 2. The Morgan fingerprint density at radius 2 is 1.21 bits per heavy atom. The zero-order valence-electron chi connectivity index (χ0n) is 15.1. The second-order valence-corrected chi connectivity index (χ2v) is 10.3. The normalized spacial score (nSPS) is 11.8. The van der Waals surface area contributed by atoms with Crippen LogP contribution in [0.25, 0.3) is 0 Å². The number of halogens is 2.